The number of nitrogens with zero attached hydrogens (tertiary/aromatic N) is 1. The summed E-state index contributed by atoms with van der Waals surface area (Å²) in [7, 11) is 0. The van der Waals surface area contributed by atoms with Crippen molar-refractivity contribution in [2.75, 3.05) is 13.1 Å². The first-order chi connectivity index (χ1) is 9.52. The Labute approximate surface area is 132 Å². The third kappa shape index (κ3) is 3.67. The van der Waals surface area contributed by atoms with Crippen molar-refractivity contribution < 1.29 is 0 Å². The van der Waals surface area contributed by atoms with E-state index in [9.17, 15) is 0 Å². The molecule has 112 valence electrons. The van der Waals surface area contributed by atoms with Crippen molar-refractivity contribution >= 4 is 23.2 Å². The Morgan fingerprint density at radius 3 is 2.50 bits per heavy atom. The molecular formula is C16H24Cl2N2. The summed E-state index contributed by atoms with van der Waals surface area (Å²) < 4.78 is 0. The Hall–Kier alpha value is -0.280. The fourth-order valence-corrected chi connectivity index (χ4v) is 3.33. The third-order valence-electron chi connectivity index (χ3n) is 4.26. The molecular weight excluding hydrogens is 291 g/mol. The summed E-state index contributed by atoms with van der Waals surface area (Å²) in [5, 5.41) is 5.20. The molecule has 2 unspecified atom stereocenters. The summed E-state index contributed by atoms with van der Waals surface area (Å²) in [6.45, 7) is 9.71. The highest BCUT2D eigenvalue weighted by Gasteiger charge is 2.28. The molecule has 1 saturated heterocycles. The predicted octanol–water partition coefficient (Wildman–Crippen LogP) is 4.20. The fourth-order valence-electron chi connectivity index (χ4n) is 2.81. The van der Waals surface area contributed by atoms with Gasteiger partial charge in [0.2, 0.25) is 0 Å². The van der Waals surface area contributed by atoms with E-state index in [2.05, 4.69) is 31.0 Å². The number of benzene rings is 1. The monoisotopic (exact) mass is 314 g/mol. The lowest BCUT2D eigenvalue weighted by molar-refractivity contribution is 0.103. The average Bonchev–Trinajstić information content (AvgIpc) is 2.42. The first-order valence-corrected chi connectivity index (χ1v) is 8.18. The van der Waals surface area contributed by atoms with Crippen molar-refractivity contribution in [2.24, 2.45) is 5.92 Å². The SMILES string of the molecule is CCC1CNC(C(C)C)CN1Cc1c(Cl)cccc1Cl. The van der Waals surface area contributed by atoms with Gasteiger partial charge in [0.15, 0.2) is 0 Å². The minimum absolute atomic E-state index is 0.541. The normalized spacial score (nSPS) is 24.3. The number of hydrogen-bond acceptors (Lipinski definition) is 2. The number of nitrogens with one attached hydrogen (secondary N) is 1. The molecule has 1 aromatic rings. The zero-order chi connectivity index (χ0) is 14.7. The van der Waals surface area contributed by atoms with Gasteiger partial charge in [0.05, 0.1) is 0 Å². The van der Waals surface area contributed by atoms with E-state index in [1.54, 1.807) is 0 Å². The van der Waals surface area contributed by atoms with Crippen LogP contribution in [0.4, 0.5) is 0 Å². The molecule has 20 heavy (non-hydrogen) atoms. The third-order valence-corrected chi connectivity index (χ3v) is 4.97. The van der Waals surface area contributed by atoms with Crippen LogP contribution >= 0.6 is 23.2 Å². The van der Waals surface area contributed by atoms with Gasteiger partial charge in [-0.3, -0.25) is 4.90 Å². The van der Waals surface area contributed by atoms with E-state index in [4.69, 9.17) is 23.2 Å². The van der Waals surface area contributed by atoms with Crippen molar-refractivity contribution in [3.05, 3.63) is 33.8 Å². The summed E-state index contributed by atoms with van der Waals surface area (Å²) in [4.78, 5) is 2.52. The Kier molecular flexibility index (Phi) is 5.74. The molecule has 4 heteroatoms. The molecule has 0 radical (unpaired) electrons. The number of piperazine rings is 1. The first-order valence-electron chi connectivity index (χ1n) is 7.43. The van der Waals surface area contributed by atoms with Gasteiger partial charge >= 0.3 is 0 Å². The Bertz CT molecular complexity index is 428. The van der Waals surface area contributed by atoms with Crippen LogP contribution in [-0.2, 0) is 6.54 Å². The van der Waals surface area contributed by atoms with Crippen LogP contribution in [0, 0.1) is 5.92 Å². The van der Waals surface area contributed by atoms with Gasteiger partial charge in [0.1, 0.15) is 0 Å². The molecule has 0 aliphatic carbocycles. The summed E-state index contributed by atoms with van der Waals surface area (Å²) >= 11 is 12.6. The van der Waals surface area contributed by atoms with E-state index < -0.39 is 0 Å². The standard InChI is InChI=1S/C16H24Cl2N2/c1-4-12-8-19-16(11(2)3)10-20(12)9-13-14(17)6-5-7-15(13)18/h5-7,11-12,16,19H,4,8-10H2,1-3H3. The number of rotatable bonds is 4. The highest BCUT2D eigenvalue weighted by atomic mass is 35.5. The second-order valence-electron chi connectivity index (χ2n) is 5.95. The zero-order valence-corrected chi connectivity index (χ0v) is 14.0. The van der Waals surface area contributed by atoms with Crippen LogP contribution in [0.1, 0.15) is 32.8 Å². The van der Waals surface area contributed by atoms with E-state index in [1.165, 1.54) is 0 Å². The molecule has 2 rings (SSSR count). The summed E-state index contributed by atoms with van der Waals surface area (Å²) in [6, 6.07) is 6.84. The fraction of sp³-hybridized carbons (Fsp3) is 0.625. The molecule has 0 saturated carbocycles. The number of hydrogen-bond donors (Lipinski definition) is 1. The van der Waals surface area contributed by atoms with Crippen molar-refractivity contribution in [2.45, 2.75) is 45.8 Å². The molecule has 1 aromatic carbocycles. The minimum atomic E-state index is 0.541. The molecule has 2 nitrogen and oxygen atoms in total. The van der Waals surface area contributed by atoms with Gasteiger partial charge < -0.3 is 5.32 Å². The summed E-state index contributed by atoms with van der Waals surface area (Å²) in [5.74, 6) is 0.636. The van der Waals surface area contributed by atoms with E-state index in [1.807, 2.05) is 18.2 Å². The lowest BCUT2D eigenvalue weighted by Crippen LogP contribution is -2.57. The lowest BCUT2D eigenvalue weighted by atomic mass is 9.98. The van der Waals surface area contributed by atoms with Gasteiger partial charge in [-0.2, -0.15) is 0 Å². The smallest absolute Gasteiger partial charge is 0.0465 e. The van der Waals surface area contributed by atoms with E-state index >= 15 is 0 Å². The highest BCUT2D eigenvalue weighted by Crippen LogP contribution is 2.27. The summed E-state index contributed by atoms with van der Waals surface area (Å²) in [5.41, 5.74) is 1.05. The molecule has 0 bridgehead atoms. The van der Waals surface area contributed by atoms with Gasteiger partial charge in [-0.15, -0.1) is 0 Å². The maximum atomic E-state index is 6.31. The van der Waals surface area contributed by atoms with Crippen LogP contribution in [0.2, 0.25) is 10.0 Å². The average molecular weight is 315 g/mol. The van der Waals surface area contributed by atoms with E-state index in [0.717, 1.165) is 41.7 Å². The van der Waals surface area contributed by atoms with Gasteiger partial charge in [-0.25, -0.2) is 0 Å². The highest BCUT2D eigenvalue weighted by molar-refractivity contribution is 6.35. The van der Waals surface area contributed by atoms with Gasteiger partial charge in [-0.1, -0.05) is 50.0 Å². The van der Waals surface area contributed by atoms with Crippen molar-refractivity contribution in [1.29, 1.82) is 0 Å². The van der Waals surface area contributed by atoms with Gasteiger partial charge in [0.25, 0.3) is 0 Å². The van der Waals surface area contributed by atoms with Gasteiger partial charge in [0, 0.05) is 47.3 Å². The second kappa shape index (κ2) is 7.13. The lowest BCUT2D eigenvalue weighted by Gasteiger charge is -2.42. The number of halogens is 2. The van der Waals surface area contributed by atoms with Crippen LogP contribution in [-0.4, -0.2) is 30.1 Å². The maximum absolute atomic E-state index is 6.31. The molecule has 1 fully saturated rings. The topological polar surface area (TPSA) is 15.3 Å². The maximum Gasteiger partial charge on any atom is 0.0465 e. The molecule has 0 amide bonds. The minimum Gasteiger partial charge on any atom is -0.311 e. The largest absolute Gasteiger partial charge is 0.311 e. The molecule has 1 N–H and O–H groups in total. The van der Waals surface area contributed by atoms with Crippen LogP contribution in [0.5, 0.6) is 0 Å². The summed E-state index contributed by atoms with van der Waals surface area (Å²) in [6.07, 6.45) is 1.14. The Morgan fingerprint density at radius 1 is 1.30 bits per heavy atom. The molecule has 1 aliphatic rings. The van der Waals surface area contributed by atoms with Crippen LogP contribution in [0.15, 0.2) is 18.2 Å². The van der Waals surface area contributed by atoms with Crippen molar-refractivity contribution in [3.8, 4) is 0 Å². The van der Waals surface area contributed by atoms with Crippen LogP contribution in [0.25, 0.3) is 0 Å². The van der Waals surface area contributed by atoms with E-state index in [-0.39, 0.29) is 0 Å². The molecule has 1 aliphatic heterocycles. The van der Waals surface area contributed by atoms with Crippen molar-refractivity contribution in [1.82, 2.24) is 10.2 Å². The van der Waals surface area contributed by atoms with Crippen LogP contribution < -0.4 is 5.32 Å². The van der Waals surface area contributed by atoms with Gasteiger partial charge in [-0.05, 0) is 24.5 Å². The quantitative estimate of drug-likeness (QED) is 0.896. The molecule has 2 atom stereocenters. The second-order valence-corrected chi connectivity index (χ2v) is 6.76. The first kappa shape index (κ1) is 16.1. The molecule has 0 spiro atoms. The zero-order valence-electron chi connectivity index (χ0n) is 12.5. The Morgan fingerprint density at radius 2 is 1.95 bits per heavy atom. The Balaban J connectivity index is 2.15. The van der Waals surface area contributed by atoms with Crippen molar-refractivity contribution in [3.63, 3.8) is 0 Å². The molecule has 1 heterocycles. The van der Waals surface area contributed by atoms with E-state index in [0.29, 0.717) is 18.0 Å². The molecule has 0 aromatic heterocycles. The van der Waals surface area contributed by atoms with Crippen LogP contribution in [0.3, 0.4) is 0 Å². The predicted molar refractivity (Wildman–Crippen MR) is 87.6 cm³/mol.